The van der Waals surface area contributed by atoms with Crippen molar-refractivity contribution in [1.29, 1.82) is 0 Å². The zero-order valence-electron chi connectivity index (χ0n) is 28.6. The van der Waals surface area contributed by atoms with Crippen molar-refractivity contribution < 1.29 is 28.2 Å². The fourth-order valence-corrected chi connectivity index (χ4v) is 8.35. The quantitative estimate of drug-likeness (QED) is 0.159. The Hall–Kier alpha value is -5.07. The molecule has 1 unspecified atom stereocenters. The number of ether oxygens (including phenoxy) is 3. The molecule has 3 aromatic carbocycles. The van der Waals surface area contributed by atoms with E-state index < -0.39 is 17.5 Å². The molecular formula is C39H38ClFN6O5. The number of piperidine rings is 1. The number of benzene rings is 3. The number of esters is 1. The Morgan fingerprint density at radius 1 is 1.06 bits per heavy atom. The van der Waals surface area contributed by atoms with Crippen LogP contribution in [0.2, 0.25) is 5.02 Å². The summed E-state index contributed by atoms with van der Waals surface area (Å²) in [5, 5.41) is 8.25. The molecule has 52 heavy (non-hydrogen) atoms. The number of nitrogens with zero attached hydrogens (tertiary/aromatic N) is 5. The van der Waals surface area contributed by atoms with Crippen molar-refractivity contribution in [3.63, 3.8) is 0 Å². The van der Waals surface area contributed by atoms with Crippen LogP contribution in [0.25, 0.3) is 22.4 Å². The maximum absolute atomic E-state index is 15.5. The minimum Gasteiger partial charge on any atom is -0.465 e. The number of carbonyl (C=O) groups is 2. The Kier molecular flexibility index (Phi) is 9.27. The lowest BCUT2D eigenvalue weighted by Gasteiger charge is -2.27. The number of amides is 1. The monoisotopic (exact) mass is 724 g/mol. The van der Waals surface area contributed by atoms with E-state index in [9.17, 15) is 9.59 Å². The molecular weight excluding hydrogens is 687 g/mol. The lowest BCUT2D eigenvalue weighted by molar-refractivity contribution is -0.0368. The summed E-state index contributed by atoms with van der Waals surface area (Å²) in [6.45, 7) is 2.29. The van der Waals surface area contributed by atoms with Crippen LogP contribution >= 0.6 is 11.6 Å². The summed E-state index contributed by atoms with van der Waals surface area (Å²) in [5.41, 5.74) is 3.50. The van der Waals surface area contributed by atoms with E-state index in [1.807, 2.05) is 42.5 Å². The highest BCUT2D eigenvalue weighted by atomic mass is 35.5. The van der Waals surface area contributed by atoms with Gasteiger partial charge in [-0.05, 0) is 66.8 Å². The van der Waals surface area contributed by atoms with Gasteiger partial charge in [-0.3, -0.25) is 0 Å². The summed E-state index contributed by atoms with van der Waals surface area (Å²) < 4.78 is 33.8. The van der Waals surface area contributed by atoms with Crippen LogP contribution in [0.5, 0.6) is 0 Å². The second-order valence-electron chi connectivity index (χ2n) is 13.6. The first-order valence-corrected chi connectivity index (χ1v) is 17.9. The van der Waals surface area contributed by atoms with Gasteiger partial charge in [-0.15, -0.1) is 0 Å². The number of halogens is 2. The first kappa shape index (κ1) is 34.0. The Morgan fingerprint density at radius 2 is 1.88 bits per heavy atom. The normalized spacial score (nSPS) is 22.4. The fraction of sp³-hybridized carbons (Fsp3) is 0.359. The number of aromatic nitrogens is 4. The molecule has 2 saturated heterocycles. The number of anilines is 1. The predicted octanol–water partition coefficient (Wildman–Crippen LogP) is 7.09. The van der Waals surface area contributed by atoms with Crippen LogP contribution in [0, 0.1) is 17.7 Å². The second-order valence-corrected chi connectivity index (χ2v) is 14.0. The Morgan fingerprint density at radius 3 is 2.65 bits per heavy atom. The van der Waals surface area contributed by atoms with Gasteiger partial charge in [-0.25, -0.2) is 28.6 Å². The average Bonchev–Trinajstić information content (AvgIpc) is 3.67. The Balaban J connectivity index is 1.08. The van der Waals surface area contributed by atoms with Crippen molar-refractivity contribution in [3.05, 3.63) is 107 Å². The van der Waals surface area contributed by atoms with Gasteiger partial charge in [0.2, 0.25) is 0 Å². The number of hydrogen-bond acceptors (Lipinski definition) is 9. The van der Waals surface area contributed by atoms with Crippen LogP contribution in [0.4, 0.5) is 15.0 Å². The third-order valence-corrected chi connectivity index (χ3v) is 11.0. The molecule has 2 aliphatic heterocycles. The second kappa shape index (κ2) is 14.2. The summed E-state index contributed by atoms with van der Waals surface area (Å²) >= 11 is 6.71. The number of alkyl carbamates (subject to hydrolysis) is 1. The lowest BCUT2D eigenvalue weighted by atomic mass is 9.90. The highest BCUT2D eigenvalue weighted by molar-refractivity contribution is 6.34. The van der Waals surface area contributed by atoms with Crippen molar-refractivity contribution in [3.8, 4) is 11.3 Å². The van der Waals surface area contributed by atoms with Gasteiger partial charge in [0, 0.05) is 37.2 Å². The third-order valence-electron chi connectivity index (χ3n) is 10.7. The van der Waals surface area contributed by atoms with E-state index in [0.29, 0.717) is 64.1 Å². The standard InChI is InChI=1S/C39H38ClFN6O5/c1-50-37(48)25-14-15-26(30(40)19-25)34-35-36(47(45-34)33-13-7-8-18-51-33)44-32(20-42-35)46-17-16-27-29(21-46)39(27,28-11-5-6-12-31(28)41)23-43-38(49)52-22-24-9-3-2-4-10-24/h2-6,9-12,14-15,19-20,27,29,33H,7-8,13,16-18,21-23H2,1H3,(H,43,49)/t27-,29+,33?,39-/m1/s1. The van der Waals surface area contributed by atoms with Crippen molar-refractivity contribution in [2.75, 3.05) is 38.3 Å². The molecule has 1 amide bonds. The predicted molar refractivity (Wildman–Crippen MR) is 192 cm³/mol. The van der Waals surface area contributed by atoms with Gasteiger partial charge in [0.1, 0.15) is 29.5 Å². The topological polar surface area (TPSA) is 121 Å². The Bertz CT molecular complexity index is 2130. The highest BCUT2D eigenvalue weighted by Crippen LogP contribution is 2.63. The number of rotatable bonds is 9. The molecule has 268 valence electrons. The molecule has 2 aromatic heterocycles. The van der Waals surface area contributed by atoms with Gasteiger partial charge in [-0.1, -0.05) is 66.2 Å². The molecule has 0 radical (unpaired) electrons. The molecule has 1 N–H and O–H groups in total. The molecule has 5 aromatic rings. The smallest absolute Gasteiger partial charge is 0.407 e. The number of hydrogen-bond donors (Lipinski definition) is 1. The van der Waals surface area contributed by atoms with E-state index >= 15 is 4.39 Å². The highest BCUT2D eigenvalue weighted by Gasteiger charge is 2.67. The van der Waals surface area contributed by atoms with Crippen LogP contribution < -0.4 is 10.2 Å². The summed E-state index contributed by atoms with van der Waals surface area (Å²) in [4.78, 5) is 37.2. The molecule has 3 aliphatic rings. The molecule has 4 atom stereocenters. The summed E-state index contributed by atoms with van der Waals surface area (Å²) in [5.74, 6) is 0.118. The molecule has 8 rings (SSSR count). The first-order valence-electron chi connectivity index (χ1n) is 17.6. The van der Waals surface area contributed by atoms with Gasteiger partial charge in [0.15, 0.2) is 11.9 Å². The van der Waals surface area contributed by atoms with Gasteiger partial charge in [-0.2, -0.15) is 5.10 Å². The minimum absolute atomic E-state index is 0.0550. The minimum atomic E-state index is -0.596. The molecule has 1 aliphatic carbocycles. The van der Waals surface area contributed by atoms with Crippen LogP contribution in [-0.2, 0) is 26.2 Å². The number of nitrogens with one attached hydrogen (secondary N) is 1. The molecule has 0 spiro atoms. The van der Waals surface area contributed by atoms with Crippen LogP contribution in [0.15, 0.2) is 79.0 Å². The lowest BCUT2D eigenvalue weighted by Crippen LogP contribution is -2.36. The molecule has 3 fully saturated rings. The first-order chi connectivity index (χ1) is 25.4. The molecule has 1 saturated carbocycles. The van der Waals surface area contributed by atoms with Gasteiger partial charge < -0.3 is 24.4 Å². The Labute approximate surface area is 305 Å². The van der Waals surface area contributed by atoms with Crippen molar-refractivity contribution in [1.82, 2.24) is 25.1 Å². The molecule has 11 nitrogen and oxygen atoms in total. The maximum Gasteiger partial charge on any atom is 0.407 e. The van der Waals surface area contributed by atoms with Gasteiger partial charge in [0.05, 0.1) is 23.9 Å². The summed E-state index contributed by atoms with van der Waals surface area (Å²) in [6.07, 6.45) is 4.39. The number of methoxy groups -OCH3 is 1. The zero-order valence-corrected chi connectivity index (χ0v) is 29.4. The molecule has 4 heterocycles. The molecule has 13 heteroatoms. The molecule has 0 bridgehead atoms. The zero-order chi connectivity index (χ0) is 35.8. The largest absolute Gasteiger partial charge is 0.465 e. The summed E-state index contributed by atoms with van der Waals surface area (Å²) in [6, 6.07) is 21.3. The van der Waals surface area contributed by atoms with Gasteiger partial charge >= 0.3 is 12.1 Å². The average molecular weight is 725 g/mol. The van der Waals surface area contributed by atoms with Crippen molar-refractivity contribution in [2.45, 2.75) is 43.9 Å². The summed E-state index contributed by atoms with van der Waals surface area (Å²) in [7, 11) is 1.32. The van der Waals surface area contributed by atoms with Crippen LogP contribution in [0.3, 0.4) is 0 Å². The number of fused-ring (bicyclic) bond motifs is 2. The van der Waals surface area contributed by atoms with E-state index in [2.05, 4.69) is 10.2 Å². The van der Waals surface area contributed by atoms with E-state index in [4.69, 9.17) is 40.9 Å². The SMILES string of the molecule is COC(=O)c1ccc(-c2nn(C3CCCCO3)c3nc(N4CC[C@@H]5[C@H](C4)[C@@]5(CNC(=O)OCc4ccccc4)c4ccccc4F)cnc23)c(Cl)c1. The van der Waals surface area contributed by atoms with Crippen LogP contribution in [0.1, 0.15) is 53.4 Å². The third kappa shape index (κ3) is 6.23. The fourth-order valence-electron chi connectivity index (χ4n) is 8.08. The number of carbonyl (C=O) groups excluding carboxylic acids is 2. The van der Waals surface area contributed by atoms with Crippen LogP contribution in [-0.4, -0.2) is 65.2 Å². The van der Waals surface area contributed by atoms with E-state index in [0.717, 1.165) is 31.2 Å². The van der Waals surface area contributed by atoms with Crippen molar-refractivity contribution >= 4 is 40.6 Å². The van der Waals surface area contributed by atoms with E-state index in [-0.39, 0.29) is 37.0 Å². The maximum atomic E-state index is 15.5. The van der Waals surface area contributed by atoms with Gasteiger partial charge in [0.25, 0.3) is 0 Å². The van der Waals surface area contributed by atoms with Crippen molar-refractivity contribution in [2.24, 2.45) is 11.8 Å². The van der Waals surface area contributed by atoms with E-state index in [1.54, 1.807) is 35.1 Å². The van der Waals surface area contributed by atoms with E-state index in [1.165, 1.54) is 13.2 Å².